The number of thioether (sulfide) groups is 1. The third-order valence-corrected chi connectivity index (χ3v) is 20.1. The molecule has 2 fully saturated rings. The fourth-order valence-corrected chi connectivity index (χ4v) is 13.8. The summed E-state index contributed by atoms with van der Waals surface area (Å²) < 4.78 is 0. The highest BCUT2D eigenvalue weighted by Gasteiger charge is 2.47. The Labute approximate surface area is 591 Å². The molecule has 11 amide bonds. The largest absolute Gasteiger partial charge is 0.390 e. The Morgan fingerprint density at radius 3 is 1.42 bits per heavy atom. The van der Waals surface area contributed by atoms with Crippen molar-refractivity contribution in [2.75, 3.05) is 100 Å². The van der Waals surface area contributed by atoms with Gasteiger partial charge in [0.2, 0.25) is 65.0 Å². The molecule has 0 spiro atoms. The van der Waals surface area contributed by atoms with E-state index in [0.29, 0.717) is 12.3 Å². The molecule has 2 aliphatic rings. The Morgan fingerprint density at radius 1 is 0.500 bits per heavy atom. The Kier molecular flexibility index (Phi) is 36.5. The zero-order valence-electron chi connectivity index (χ0n) is 64.3. The average Bonchev–Trinajstić information content (AvgIpc) is 0.800. The van der Waals surface area contributed by atoms with Gasteiger partial charge in [0.05, 0.1) is 11.7 Å². The van der Waals surface area contributed by atoms with Crippen molar-refractivity contribution in [2.24, 2.45) is 35.5 Å². The fraction of sp³-hybridized carbons (Fsp3) is 0.817. The van der Waals surface area contributed by atoms with E-state index >= 15 is 33.6 Å². The smallest absolute Gasteiger partial charge is 0.246 e. The molecule has 6 N–H and O–H groups in total. The second-order valence-electron chi connectivity index (χ2n) is 30.0. The first kappa shape index (κ1) is 88.2. The van der Waals surface area contributed by atoms with Crippen LogP contribution in [-0.2, 0) is 52.7 Å². The van der Waals surface area contributed by atoms with E-state index < -0.39 is 161 Å². The van der Waals surface area contributed by atoms with Crippen LogP contribution < -0.4 is 21.3 Å². The number of piperazine rings is 1. The Hall–Kier alpha value is -5.90. The lowest BCUT2D eigenvalue weighted by molar-refractivity contribution is -0.157. The van der Waals surface area contributed by atoms with Crippen LogP contribution in [0.15, 0.2) is 12.2 Å². The molecule has 0 unspecified atom stereocenters. The Balaban J connectivity index is 3.12. The van der Waals surface area contributed by atoms with Crippen molar-refractivity contribution >= 4 is 76.7 Å². The summed E-state index contributed by atoms with van der Waals surface area (Å²) in [6.45, 7) is 36.3. The molecule has 98 heavy (non-hydrogen) atoms. The zero-order valence-corrected chi connectivity index (χ0v) is 65.1. The van der Waals surface area contributed by atoms with Gasteiger partial charge in [-0.15, -0.1) is 0 Å². The van der Waals surface area contributed by atoms with Crippen LogP contribution in [0.5, 0.6) is 0 Å². The summed E-state index contributed by atoms with van der Waals surface area (Å²) in [7, 11) is 9.93. The van der Waals surface area contributed by atoms with Gasteiger partial charge >= 0.3 is 0 Å². The first-order valence-electron chi connectivity index (χ1n) is 35.5. The summed E-state index contributed by atoms with van der Waals surface area (Å²) in [6.07, 6.45) is 2.38. The van der Waals surface area contributed by atoms with Gasteiger partial charge in [-0.25, -0.2) is 0 Å². The molecule has 2 rings (SSSR count). The standard InChI is InChI=1S/C71H129N13O13S/c1-26-29-30-47(14)59(85)58-63(89)74-50(27-2)65(91)80(23)55(41-98-36-35-84-33-31-83(28-3)32-34-84)68(94)79(22)54(40-71(17,18)97)62(88)75-56(45(10)11)69(95)76(19)51(37-42(4)5)61(87)72-48(15)60(86)73-49(16)64(90)77(20)52(38-43(6)7)66(92)78(21)53(39-44(8)9)67(93)81(24)57(46(12)13)70(96)82(58)25/h26,29,42-59,85,97H,27-28,30-41H2,1-25H3,(H,72,87)(H,73,86)(H,74,89)(H,75,88)/t47-,48+,49-,50+,51+,52+,53+,54+,55-,56+,57+,58+,59-/m1/s1. The van der Waals surface area contributed by atoms with Gasteiger partial charge < -0.3 is 70.7 Å². The molecular formula is C71H129N13O13S. The van der Waals surface area contributed by atoms with Crippen molar-refractivity contribution in [2.45, 2.75) is 241 Å². The number of nitrogens with zero attached hydrogens (tertiary/aromatic N) is 9. The van der Waals surface area contributed by atoms with Gasteiger partial charge in [0.1, 0.15) is 66.5 Å². The summed E-state index contributed by atoms with van der Waals surface area (Å²) in [5.74, 6) is -9.64. The Bertz CT molecular complexity index is 2680. The highest BCUT2D eigenvalue weighted by molar-refractivity contribution is 7.99. The second kappa shape index (κ2) is 40.5. The van der Waals surface area contributed by atoms with Crippen molar-refractivity contribution in [3.05, 3.63) is 12.2 Å². The molecule has 562 valence electrons. The van der Waals surface area contributed by atoms with Crippen LogP contribution in [-0.4, -0.2) is 298 Å². The molecule has 0 bridgehead atoms. The minimum Gasteiger partial charge on any atom is -0.390 e. The van der Waals surface area contributed by atoms with Gasteiger partial charge in [-0.1, -0.05) is 102 Å². The number of carbonyl (C=O) groups excluding carboxylic acids is 11. The van der Waals surface area contributed by atoms with Crippen LogP contribution >= 0.6 is 11.8 Å². The van der Waals surface area contributed by atoms with Crippen molar-refractivity contribution in [1.82, 2.24) is 65.4 Å². The van der Waals surface area contributed by atoms with Gasteiger partial charge in [-0.05, 0) is 109 Å². The van der Waals surface area contributed by atoms with Crippen LogP contribution in [0.3, 0.4) is 0 Å². The molecule has 27 heteroatoms. The molecule has 2 saturated heterocycles. The van der Waals surface area contributed by atoms with Gasteiger partial charge in [0, 0.05) is 100.0 Å². The van der Waals surface area contributed by atoms with Crippen LogP contribution in [0.2, 0.25) is 0 Å². The lowest BCUT2D eigenvalue weighted by Gasteiger charge is -2.41. The highest BCUT2D eigenvalue weighted by atomic mass is 32.2. The number of aliphatic hydroxyl groups is 2. The van der Waals surface area contributed by atoms with Gasteiger partial charge in [0.15, 0.2) is 0 Å². The predicted molar refractivity (Wildman–Crippen MR) is 385 cm³/mol. The van der Waals surface area contributed by atoms with Gasteiger partial charge in [-0.2, -0.15) is 11.8 Å². The number of amides is 11. The number of carbonyl (C=O) groups is 11. The van der Waals surface area contributed by atoms with E-state index in [2.05, 4.69) is 38.0 Å². The zero-order chi connectivity index (χ0) is 75.3. The van der Waals surface area contributed by atoms with E-state index in [4.69, 9.17) is 0 Å². The van der Waals surface area contributed by atoms with E-state index in [-0.39, 0.29) is 62.0 Å². The molecule has 0 saturated carbocycles. The summed E-state index contributed by atoms with van der Waals surface area (Å²) in [5, 5.41) is 34.9. The third kappa shape index (κ3) is 25.3. The number of rotatable bonds is 21. The van der Waals surface area contributed by atoms with Crippen LogP contribution in [0, 0.1) is 35.5 Å². The molecule has 2 aliphatic heterocycles. The maximum absolute atomic E-state index is 15.5. The summed E-state index contributed by atoms with van der Waals surface area (Å²) in [6, 6.07) is -14.4. The molecule has 0 aromatic rings. The summed E-state index contributed by atoms with van der Waals surface area (Å²) in [5.41, 5.74) is -1.59. The molecule has 0 aliphatic carbocycles. The third-order valence-electron chi connectivity index (χ3n) is 19.1. The quantitative estimate of drug-likeness (QED) is 0.0711. The number of hydrogen-bond acceptors (Lipinski definition) is 16. The van der Waals surface area contributed by atoms with Crippen LogP contribution in [0.25, 0.3) is 0 Å². The number of hydrogen-bond donors (Lipinski definition) is 6. The van der Waals surface area contributed by atoms with Crippen LogP contribution in [0.1, 0.15) is 163 Å². The van der Waals surface area contributed by atoms with Crippen molar-refractivity contribution in [3.8, 4) is 0 Å². The molecular weight excluding hydrogens is 1270 g/mol. The number of likely N-dealkylation sites (N-methyl/N-ethyl adjacent to an activating group) is 8. The maximum atomic E-state index is 15.5. The summed E-state index contributed by atoms with van der Waals surface area (Å²) >= 11 is 1.42. The normalized spacial score (nSPS) is 27.2. The molecule has 0 aromatic heterocycles. The summed E-state index contributed by atoms with van der Waals surface area (Å²) in [4.78, 5) is 178. The lowest BCUT2D eigenvalue weighted by atomic mass is 9.91. The van der Waals surface area contributed by atoms with E-state index in [0.717, 1.165) is 42.5 Å². The first-order valence-corrected chi connectivity index (χ1v) is 36.7. The topological polar surface area (TPSA) is 306 Å². The molecule has 0 aromatic carbocycles. The van der Waals surface area contributed by atoms with Crippen molar-refractivity contribution < 1.29 is 63.0 Å². The van der Waals surface area contributed by atoms with Gasteiger partial charge in [-0.3, -0.25) is 57.6 Å². The number of nitrogens with one attached hydrogen (secondary N) is 4. The van der Waals surface area contributed by atoms with E-state index in [1.54, 1.807) is 54.5 Å². The monoisotopic (exact) mass is 1400 g/mol. The van der Waals surface area contributed by atoms with E-state index in [1.807, 2.05) is 47.6 Å². The number of aliphatic hydroxyl groups excluding tert-OH is 1. The SMILES string of the molecule is CC=CC[C@@H](C)[C@@H](O)[C@H]1C(=O)N[C@@H](CC)C(=O)N(C)[C@H](CSCCN2CCN(CC)CC2)C(=O)N(C)[C@@H](CC(C)(C)O)C(=O)N[C@@H](C(C)C)C(=O)N(C)[C@@H](CC(C)C)C(=O)N[C@@H](C)C(=O)N[C@H](C)C(=O)N(C)[C@@H](CC(C)C)C(=O)N(C)[C@@H](CC(C)C)C(=O)N(C)[C@@H](C(C)C)C(=O)N1C. The predicted octanol–water partition coefficient (Wildman–Crippen LogP) is 3.12. The second-order valence-corrected chi connectivity index (χ2v) is 31.2. The van der Waals surface area contributed by atoms with E-state index in [1.165, 1.54) is 113 Å². The lowest BCUT2D eigenvalue weighted by Crippen LogP contribution is -2.64. The van der Waals surface area contributed by atoms with Crippen LogP contribution in [0.4, 0.5) is 0 Å². The van der Waals surface area contributed by atoms with Crippen molar-refractivity contribution in [1.29, 1.82) is 0 Å². The van der Waals surface area contributed by atoms with Crippen molar-refractivity contribution in [3.63, 3.8) is 0 Å². The maximum Gasteiger partial charge on any atom is 0.246 e. The average molecular weight is 1400 g/mol. The molecule has 26 nitrogen and oxygen atoms in total. The first-order chi connectivity index (χ1) is 45.4. The molecule has 13 atom stereocenters. The minimum absolute atomic E-state index is 0.0238. The number of allylic oxidation sites excluding steroid dienone is 2. The highest BCUT2D eigenvalue weighted by Crippen LogP contribution is 2.27. The van der Waals surface area contributed by atoms with Gasteiger partial charge in [0.25, 0.3) is 0 Å². The molecule has 0 radical (unpaired) electrons. The van der Waals surface area contributed by atoms with E-state index in [9.17, 15) is 29.4 Å². The Morgan fingerprint density at radius 2 is 0.939 bits per heavy atom. The fourth-order valence-electron chi connectivity index (χ4n) is 12.7. The molecule has 2 heterocycles. The minimum atomic E-state index is -1.66.